The number of carbonyl (C=O) groups excluding carboxylic acids is 1. The number of carbonyl (C=O) groups is 1. The molecular formula is C24H35BN2OS. The summed E-state index contributed by atoms with van der Waals surface area (Å²) in [6.07, 6.45) is 4.64. The second kappa shape index (κ2) is 11.4. The molecule has 1 aromatic carbocycles. The van der Waals surface area contributed by atoms with E-state index in [-0.39, 0.29) is 11.8 Å². The number of hydrogen-bond donors (Lipinski definition) is 3. The zero-order chi connectivity index (χ0) is 21.4. The number of benzene rings is 1. The van der Waals surface area contributed by atoms with Crippen LogP contribution in [0.1, 0.15) is 80.8 Å². The fraction of sp³-hybridized carbons (Fsp3) is 0.500. The van der Waals surface area contributed by atoms with Crippen molar-refractivity contribution in [2.45, 2.75) is 71.1 Å². The van der Waals surface area contributed by atoms with Gasteiger partial charge in [0.2, 0.25) is 0 Å². The summed E-state index contributed by atoms with van der Waals surface area (Å²) in [6, 6.07) is 8.22. The van der Waals surface area contributed by atoms with Crippen molar-refractivity contribution in [3.8, 4) is 0 Å². The van der Waals surface area contributed by atoms with Crippen LogP contribution in [0.25, 0.3) is 0 Å². The maximum absolute atomic E-state index is 12.9. The van der Waals surface area contributed by atoms with E-state index in [4.69, 9.17) is 0 Å². The molecule has 0 radical (unpaired) electrons. The van der Waals surface area contributed by atoms with Crippen LogP contribution in [0.5, 0.6) is 0 Å². The number of rotatable bonds is 10. The van der Waals surface area contributed by atoms with E-state index in [1.54, 1.807) is 0 Å². The molecule has 1 amide bonds. The minimum atomic E-state index is 0.0328. The minimum absolute atomic E-state index is 0.0328. The summed E-state index contributed by atoms with van der Waals surface area (Å²) < 4.78 is 0. The standard InChI is InChI=1S/C24H35BN2OS/c1-6-8-18(9-7-2)15-26-24(28)21-14-25-23(13-20(21)16(3)4)27-19-11-10-17(5)22(29)12-19/h10-14,16,18,27,29H,6-9,15H2,1-5H3,(H,26,28). The molecule has 5 heteroatoms. The van der Waals surface area contributed by atoms with Crippen LogP contribution in [0.2, 0.25) is 0 Å². The summed E-state index contributed by atoms with van der Waals surface area (Å²) in [5, 5.41) is 6.61. The third-order valence-corrected chi connectivity index (χ3v) is 5.84. The molecule has 0 atom stereocenters. The van der Waals surface area contributed by atoms with Crippen molar-refractivity contribution in [3.05, 3.63) is 46.9 Å². The van der Waals surface area contributed by atoms with E-state index in [1.165, 1.54) is 0 Å². The first-order valence-electron chi connectivity index (χ1n) is 10.8. The van der Waals surface area contributed by atoms with Crippen molar-refractivity contribution < 1.29 is 4.79 Å². The molecule has 1 aromatic heterocycles. The van der Waals surface area contributed by atoms with E-state index in [1.807, 2.05) is 31.9 Å². The molecule has 0 saturated carbocycles. The van der Waals surface area contributed by atoms with Gasteiger partial charge in [-0.1, -0.05) is 0 Å². The first kappa shape index (κ1) is 23.5. The molecule has 2 N–H and O–H groups in total. The summed E-state index contributed by atoms with van der Waals surface area (Å²) in [5.74, 6) is 2.80. The fourth-order valence-electron chi connectivity index (χ4n) is 3.68. The number of amides is 1. The van der Waals surface area contributed by atoms with Gasteiger partial charge in [0.05, 0.1) is 0 Å². The molecule has 2 aromatic rings. The second-order valence-electron chi connectivity index (χ2n) is 8.24. The number of anilines is 2. The summed E-state index contributed by atoms with van der Waals surface area (Å²) in [6.45, 7) is 13.5. The van der Waals surface area contributed by atoms with Crippen LogP contribution in [0.3, 0.4) is 0 Å². The Morgan fingerprint density at radius 3 is 2.41 bits per heavy atom. The third-order valence-electron chi connectivity index (χ3n) is 5.36. The van der Waals surface area contributed by atoms with E-state index in [0.717, 1.165) is 65.1 Å². The molecule has 1 heterocycles. The third kappa shape index (κ3) is 6.92. The molecule has 0 spiro atoms. The fourth-order valence-corrected chi connectivity index (χ4v) is 3.89. The van der Waals surface area contributed by atoms with Gasteiger partial charge in [0.15, 0.2) is 0 Å². The van der Waals surface area contributed by atoms with Crippen molar-refractivity contribution in [2.75, 3.05) is 11.9 Å². The number of aryl methyl sites for hydroxylation is 1. The monoisotopic (exact) mass is 410 g/mol. The Morgan fingerprint density at radius 1 is 1.14 bits per heavy atom. The van der Waals surface area contributed by atoms with Crippen LogP contribution in [-0.4, -0.2) is 19.4 Å². The van der Waals surface area contributed by atoms with Gasteiger partial charge in [-0.2, -0.15) is 0 Å². The van der Waals surface area contributed by atoms with Crippen molar-refractivity contribution in [3.63, 3.8) is 0 Å². The number of thiol groups is 1. The van der Waals surface area contributed by atoms with Gasteiger partial charge in [0.1, 0.15) is 0 Å². The van der Waals surface area contributed by atoms with Gasteiger partial charge in [-0.15, -0.1) is 0 Å². The summed E-state index contributed by atoms with van der Waals surface area (Å²) in [7, 11) is 0. The summed E-state index contributed by atoms with van der Waals surface area (Å²) >= 11 is 4.51. The van der Waals surface area contributed by atoms with E-state index in [9.17, 15) is 4.79 Å². The first-order valence-corrected chi connectivity index (χ1v) is 11.3. The van der Waals surface area contributed by atoms with Crippen molar-refractivity contribution >= 4 is 36.7 Å². The topological polar surface area (TPSA) is 41.1 Å². The average Bonchev–Trinajstić information content (AvgIpc) is 2.69. The van der Waals surface area contributed by atoms with Gasteiger partial charge in [-0.05, 0) is 0 Å². The van der Waals surface area contributed by atoms with Crippen LogP contribution in [0.15, 0.2) is 35.1 Å². The van der Waals surface area contributed by atoms with Crippen LogP contribution in [-0.2, 0) is 0 Å². The Labute approximate surface area is 182 Å². The van der Waals surface area contributed by atoms with E-state index >= 15 is 0 Å². The second-order valence-corrected chi connectivity index (χ2v) is 8.72. The average molecular weight is 410 g/mol. The molecule has 156 valence electrons. The van der Waals surface area contributed by atoms with Gasteiger partial charge in [0.25, 0.3) is 0 Å². The van der Waals surface area contributed by atoms with Gasteiger partial charge in [-0.3, -0.25) is 0 Å². The molecule has 0 bridgehead atoms. The van der Waals surface area contributed by atoms with Crippen molar-refractivity contribution in [2.24, 2.45) is 5.92 Å². The first-order chi connectivity index (χ1) is 13.8. The SMILES string of the molecule is CCCC(CCC)CNC(=O)c1cbc(Nc2ccc(C)c(S)c2)cc1C(C)C. The Balaban J connectivity index is 2.15. The normalized spacial score (nSPS) is 11.0. The van der Waals surface area contributed by atoms with Gasteiger partial charge < -0.3 is 0 Å². The zero-order valence-corrected chi connectivity index (χ0v) is 19.4. The number of nitrogens with one attached hydrogen (secondary N) is 2. The zero-order valence-electron chi connectivity index (χ0n) is 18.5. The molecule has 3 nitrogen and oxygen atoms in total. The maximum atomic E-state index is 12.9. The summed E-state index contributed by atoms with van der Waals surface area (Å²) in [5.41, 5.74) is 4.97. The van der Waals surface area contributed by atoms with Crippen LogP contribution in [0, 0.1) is 12.8 Å². The molecule has 29 heavy (non-hydrogen) atoms. The molecule has 0 unspecified atom stereocenters. The Kier molecular flexibility index (Phi) is 9.29. The van der Waals surface area contributed by atoms with Crippen LogP contribution >= 0.6 is 12.6 Å². The molecule has 0 fully saturated rings. The van der Waals surface area contributed by atoms with Crippen molar-refractivity contribution in [1.82, 2.24) is 5.32 Å². The number of hydrogen-bond acceptors (Lipinski definition) is 3. The van der Waals surface area contributed by atoms with Gasteiger partial charge >= 0.3 is 183 Å². The van der Waals surface area contributed by atoms with E-state index < -0.39 is 0 Å². The molecule has 0 saturated heterocycles. The van der Waals surface area contributed by atoms with Gasteiger partial charge in [0, 0.05) is 0 Å². The molecular weight excluding hydrogens is 375 g/mol. The quantitative estimate of drug-likeness (QED) is 0.395. The summed E-state index contributed by atoms with van der Waals surface area (Å²) in [4.78, 5) is 13.9. The predicted molar refractivity (Wildman–Crippen MR) is 129 cm³/mol. The van der Waals surface area contributed by atoms with E-state index in [0.29, 0.717) is 5.92 Å². The van der Waals surface area contributed by atoms with Gasteiger partial charge in [-0.25, -0.2) is 0 Å². The molecule has 0 aliphatic heterocycles. The van der Waals surface area contributed by atoms with E-state index in [2.05, 4.69) is 63.1 Å². The molecule has 0 aliphatic rings. The molecule has 0 aliphatic carbocycles. The van der Waals surface area contributed by atoms with Crippen LogP contribution < -0.4 is 10.6 Å². The Bertz CT molecular complexity index is 817. The Morgan fingerprint density at radius 2 is 1.83 bits per heavy atom. The van der Waals surface area contributed by atoms with Crippen molar-refractivity contribution in [1.29, 1.82) is 0 Å². The van der Waals surface area contributed by atoms with Crippen LogP contribution in [0.4, 0.5) is 11.3 Å². The predicted octanol–water partition coefficient (Wildman–Crippen LogP) is 6.44. The molecule has 2 rings (SSSR count). The Hall–Kier alpha value is -1.75.